The third kappa shape index (κ3) is 3.16. The number of carbonyl (C=O) groups excluding carboxylic acids is 1. The molecule has 138 valence electrons. The first-order chi connectivity index (χ1) is 13.8. The van der Waals surface area contributed by atoms with Crippen LogP contribution in [0.5, 0.6) is 0 Å². The lowest BCUT2D eigenvalue weighted by Gasteiger charge is -2.07. The second kappa shape index (κ2) is 6.93. The summed E-state index contributed by atoms with van der Waals surface area (Å²) in [5.74, 6) is 0.891. The van der Waals surface area contributed by atoms with Crippen LogP contribution in [0.4, 0.5) is 5.69 Å². The molecule has 0 atom stereocenters. The Morgan fingerprint density at radius 2 is 2.04 bits per heavy atom. The number of imidazole rings is 1. The van der Waals surface area contributed by atoms with Crippen molar-refractivity contribution in [1.82, 2.24) is 29.8 Å². The maximum atomic E-state index is 12.6. The molecule has 0 radical (unpaired) electrons. The second-order valence-corrected chi connectivity index (χ2v) is 7.35. The molecule has 2 aromatic carbocycles. The third-order valence-corrected chi connectivity index (χ3v) is 5.43. The molecule has 1 N–H and O–H groups in total. The molecule has 0 fully saturated rings. The Labute approximate surface area is 164 Å². The van der Waals surface area contributed by atoms with Gasteiger partial charge in [-0.25, -0.2) is 9.67 Å². The number of tetrazole rings is 1. The van der Waals surface area contributed by atoms with Crippen molar-refractivity contribution in [3.63, 3.8) is 0 Å². The standard InChI is InChI=1S/C19H15N7OS/c27-18(14-2-1-3-16(10-14)26-12-20-23-24-26)21-15-6-4-13(5-7-15)17-11-25-8-9-28-19(25)22-17/h1-7,10-12H,8-9H2,(H,21,27). The van der Waals surface area contributed by atoms with E-state index in [4.69, 9.17) is 0 Å². The molecule has 0 spiro atoms. The number of rotatable bonds is 4. The van der Waals surface area contributed by atoms with Gasteiger partial charge in [-0.3, -0.25) is 4.79 Å². The van der Waals surface area contributed by atoms with Crippen LogP contribution >= 0.6 is 11.8 Å². The van der Waals surface area contributed by atoms with Gasteiger partial charge in [0, 0.05) is 35.3 Å². The Bertz CT molecular complexity index is 1110. The molecule has 0 saturated carbocycles. The van der Waals surface area contributed by atoms with E-state index in [1.165, 1.54) is 11.0 Å². The van der Waals surface area contributed by atoms with Crippen molar-refractivity contribution < 1.29 is 4.79 Å². The van der Waals surface area contributed by atoms with Gasteiger partial charge in [-0.1, -0.05) is 30.0 Å². The maximum absolute atomic E-state index is 12.6. The molecule has 2 aromatic heterocycles. The Morgan fingerprint density at radius 1 is 1.14 bits per heavy atom. The largest absolute Gasteiger partial charge is 0.325 e. The van der Waals surface area contributed by atoms with Gasteiger partial charge in [-0.15, -0.1) is 5.10 Å². The maximum Gasteiger partial charge on any atom is 0.255 e. The summed E-state index contributed by atoms with van der Waals surface area (Å²) in [5.41, 5.74) is 3.96. The monoisotopic (exact) mass is 389 g/mol. The Kier molecular flexibility index (Phi) is 4.13. The van der Waals surface area contributed by atoms with Gasteiger partial charge in [0.1, 0.15) is 6.33 Å². The highest BCUT2D eigenvalue weighted by Crippen LogP contribution is 2.29. The average molecular weight is 389 g/mol. The summed E-state index contributed by atoms with van der Waals surface area (Å²) in [6.45, 7) is 1.00. The normalized spacial score (nSPS) is 12.7. The number of carbonyl (C=O) groups is 1. The number of benzene rings is 2. The van der Waals surface area contributed by atoms with E-state index in [-0.39, 0.29) is 5.91 Å². The molecular weight excluding hydrogens is 374 g/mol. The molecule has 4 aromatic rings. The second-order valence-electron chi connectivity index (χ2n) is 6.29. The van der Waals surface area contributed by atoms with Crippen LogP contribution in [0, 0.1) is 0 Å². The summed E-state index contributed by atoms with van der Waals surface area (Å²) < 4.78 is 3.68. The van der Waals surface area contributed by atoms with Crippen LogP contribution in [0.25, 0.3) is 16.9 Å². The van der Waals surface area contributed by atoms with Crippen LogP contribution < -0.4 is 5.32 Å². The molecule has 1 aliphatic heterocycles. The molecule has 9 heteroatoms. The van der Waals surface area contributed by atoms with Gasteiger partial charge in [0.25, 0.3) is 5.91 Å². The van der Waals surface area contributed by atoms with E-state index in [1.54, 1.807) is 30.0 Å². The molecule has 8 nitrogen and oxygen atoms in total. The van der Waals surface area contributed by atoms with E-state index in [0.717, 1.165) is 40.1 Å². The van der Waals surface area contributed by atoms with Gasteiger partial charge in [-0.2, -0.15) is 0 Å². The number of fused-ring (bicyclic) bond motifs is 1. The number of nitrogens with zero attached hydrogens (tertiary/aromatic N) is 6. The number of hydrogen-bond acceptors (Lipinski definition) is 6. The van der Waals surface area contributed by atoms with Crippen molar-refractivity contribution in [2.75, 3.05) is 11.1 Å². The number of anilines is 1. The molecule has 0 aliphatic carbocycles. The van der Waals surface area contributed by atoms with Crippen molar-refractivity contribution in [3.8, 4) is 16.9 Å². The quantitative estimate of drug-likeness (QED) is 0.577. The fourth-order valence-electron chi connectivity index (χ4n) is 3.05. The molecular formula is C19H15N7OS. The fourth-order valence-corrected chi connectivity index (χ4v) is 3.99. The lowest BCUT2D eigenvalue weighted by atomic mass is 10.1. The zero-order valence-corrected chi connectivity index (χ0v) is 15.5. The van der Waals surface area contributed by atoms with E-state index < -0.39 is 0 Å². The molecule has 28 heavy (non-hydrogen) atoms. The highest BCUT2D eigenvalue weighted by Gasteiger charge is 2.15. The molecule has 3 heterocycles. The van der Waals surface area contributed by atoms with Crippen LogP contribution in [-0.2, 0) is 6.54 Å². The number of thioether (sulfide) groups is 1. The Hall–Kier alpha value is -3.46. The van der Waals surface area contributed by atoms with Crippen LogP contribution in [0.3, 0.4) is 0 Å². The fraction of sp³-hybridized carbons (Fsp3) is 0.105. The van der Waals surface area contributed by atoms with Gasteiger partial charge < -0.3 is 9.88 Å². The minimum atomic E-state index is -0.194. The van der Waals surface area contributed by atoms with Crippen LogP contribution in [-0.4, -0.2) is 41.4 Å². The molecule has 0 bridgehead atoms. The number of nitrogens with one attached hydrogen (secondary N) is 1. The van der Waals surface area contributed by atoms with E-state index >= 15 is 0 Å². The van der Waals surface area contributed by atoms with Crippen molar-refractivity contribution in [2.45, 2.75) is 11.7 Å². The van der Waals surface area contributed by atoms with Gasteiger partial charge >= 0.3 is 0 Å². The summed E-state index contributed by atoms with van der Waals surface area (Å²) in [4.78, 5) is 17.2. The average Bonchev–Trinajstić information content (AvgIpc) is 3.46. The number of aryl methyl sites for hydroxylation is 1. The molecule has 1 aliphatic rings. The van der Waals surface area contributed by atoms with Gasteiger partial charge in [0.15, 0.2) is 5.16 Å². The summed E-state index contributed by atoms with van der Waals surface area (Å²) >= 11 is 1.77. The third-order valence-electron chi connectivity index (χ3n) is 4.46. The van der Waals surface area contributed by atoms with Gasteiger partial charge in [0.2, 0.25) is 0 Å². The van der Waals surface area contributed by atoms with Gasteiger partial charge in [0.05, 0.1) is 11.4 Å². The zero-order chi connectivity index (χ0) is 18.9. The summed E-state index contributed by atoms with van der Waals surface area (Å²) in [7, 11) is 0. The van der Waals surface area contributed by atoms with E-state index in [2.05, 4.69) is 36.6 Å². The van der Waals surface area contributed by atoms with Crippen LogP contribution in [0.2, 0.25) is 0 Å². The first-order valence-corrected chi connectivity index (χ1v) is 9.70. The predicted octanol–water partition coefficient (Wildman–Crippen LogP) is 2.88. The highest BCUT2D eigenvalue weighted by atomic mass is 32.2. The number of hydrogen-bond donors (Lipinski definition) is 1. The lowest BCUT2D eigenvalue weighted by molar-refractivity contribution is 0.102. The van der Waals surface area contributed by atoms with Gasteiger partial charge in [-0.05, 0) is 40.8 Å². The van der Waals surface area contributed by atoms with Crippen molar-refractivity contribution in [3.05, 3.63) is 66.6 Å². The summed E-state index contributed by atoms with van der Waals surface area (Å²) in [5, 5.41) is 15.1. The van der Waals surface area contributed by atoms with E-state index in [9.17, 15) is 4.79 Å². The van der Waals surface area contributed by atoms with Crippen LogP contribution in [0.1, 0.15) is 10.4 Å². The van der Waals surface area contributed by atoms with Crippen molar-refractivity contribution in [1.29, 1.82) is 0 Å². The topological polar surface area (TPSA) is 90.5 Å². The Balaban J connectivity index is 1.32. The zero-order valence-electron chi connectivity index (χ0n) is 14.7. The van der Waals surface area contributed by atoms with Crippen molar-refractivity contribution in [2.24, 2.45) is 0 Å². The van der Waals surface area contributed by atoms with E-state index in [0.29, 0.717) is 5.56 Å². The Morgan fingerprint density at radius 3 is 2.82 bits per heavy atom. The summed E-state index contributed by atoms with van der Waals surface area (Å²) in [6, 6.07) is 14.8. The predicted molar refractivity (Wildman–Crippen MR) is 105 cm³/mol. The minimum Gasteiger partial charge on any atom is -0.325 e. The number of amides is 1. The first kappa shape index (κ1) is 16.7. The minimum absolute atomic E-state index is 0.194. The molecule has 5 rings (SSSR count). The smallest absolute Gasteiger partial charge is 0.255 e. The molecule has 0 unspecified atom stereocenters. The van der Waals surface area contributed by atoms with E-state index in [1.807, 2.05) is 30.3 Å². The lowest BCUT2D eigenvalue weighted by Crippen LogP contribution is -2.12. The summed E-state index contributed by atoms with van der Waals surface area (Å²) in [6.07, 6.45) is 3.56. The van der Waals surface area contributed by atoms with Crippen molar-refractivity contribution >= 4 is 23.4 Å². The SMILES string of the molecule is O=C(Nc1ccc(-c2cn3c(n2)SCC3)cc1)c1cccc(-n2cnnn2)c1. The van der Waals surface area contributed by atoms with Crippen LogP contribution in [0.15, 0.2) is 66.2 Å². The first-order valence-electron chi connectivity index (χ1n) is 8.71. The molecule has 0 saturated heterocycles. The highest BCUT2D eigenvalue weighted by molar-refractivity contribution is 7.99. The number of aromatic nitrogens is 6. The molecule has 1 amide bonds.